The molecular weight excluding hydrogens is 520 g/mol. The molecule has 0 saturated heterocycles. The standard InChI is InChI=1S/C38H58O4/c1-25(27(3)24-42-36(40)19-13-28-12-18-34(39)35(23-28)41-6)10-11-26(2)31-16-17-32-30-15-14-29-9-7-8-21-37(29,4)33(30)20-22-38(31,32)5/h12-13,18-19,23,25-27,29-33,39H,7-11,14-17,20-22,24H2,1-6H3/b19-13+/t25?,26-,27?,29?,30+,31-,32+,33+,37+,38-/m1/s1. The molecule has 0 aromatic heterocycles. The Bertz CT molecular complexity index is 1110. The lowest BCUT2D eigenvalue weighted by molar-refractivity contribution is -0.139. The van der Waals surface area contributed by atoms with Crippen molar-refractivity contribution in [3.63, 3.8) is 0 Å². The Morgan fingerprint density at radius 2 is 1.74 bits per heavy atom. The number of phenols is 1. The first-order valence-electron chi connectivity index (χ1n) is 17.3. The third kappa shape index (κ3) is 6.16. The van der Waals surface area contributed by atoms with Crippen molar-refractivity contribution in [2.24, 2.45) is 58.2 Å². The maximum atomic E-state index is 12.4. The fraction of sp³-hybridized carbons (Fsp3) is 0.763. The second-order valence-corrected chi connectivity index (χ2v) is 15.5. The van der Waals surface area contributed by atoms with Crippen LogP contribution in [0.2, 0.25) is 0 Å². The van der Waals surface area contributed by atoms with E-state index in [0.29, 0.717) is 35.0 Å². The first-order chi connectivity index (χ1) is 20.1. The molecule has 4 fully saturated rings. The molecule has 4 aliphatic carbocycles. The molecule has 1 aromatic carbocycles. The summed E-state index contributed by atoms with van der Waals surface area (Å²) in [7, 11) is 1.51. The van der Waals surface area contributed by atoms with Crippen molar-refractivity contribution in [3.8, 4) is 11.5 Å². The number of rotatable bonds is 10. The number of carbonyl (C=O) groups excluding carboxylic acids is 1. The fourth-order valence-electron chi connectivity index (χ4n) is 10.7. The molecule has 1 aromatic rings. The molecule has 4 nitrogen and oxygen atoms in total. The minimum absolute atomic E-state index is 0.0829. The molecule has 1 N–H and O–H groups in total. The van der Waals surface area contributed by atoms with Crippen molar-refractivity contribution >= 4 is 12.0 Å². The second-order valence-electron chi connectivity index (χ2n) is 15.5. The summed E-state index contributed by atoms with van der Waals surface area (Å²) in [6.45, 7) is 12.9. The quantitative estimate of drug-likeness (QED) is 0.222. The molecule has 4 saturated carbocycles. The number of phenolic OH excluding ortho intramolecular Hbond substituents is 1. The van der Waals surface area contributed by atoms with E-state index in [-0.39, 0.29) is 11.7 Å². The van der Waals surface area contributed by atoms with E-state index in [1.165, 1.54) is 90.2 Å². The molecule has 0 aliphatic heterocycles. The van der Waals surface area contributed by atoms with Gasteiger partial charge >= 0.3 is 5.97 Å². The normalized spacial score (nSPS) is 36.4. The van der Waals surface area contributed by atoms with Crippen LogP contribution in [0.5, 0.6) is 11.5 Å². The minimum atomic E-state index is -0.328. The summed E-state index contributed by atoms with van der Waals surface area (Å²) in [6.07, 6.45) is 20.5. The van der Waals surface area contributed by atoms with Gasteiger partial charge in [0.25, 0.3) is 0 Å². The zero-order chi connectivity index (χ0) is 30.1. The van der Waals surface area contributed by atoms with Gasteiger partial charge < -0.3 is 14.6 Å². The van der Waals surface area contributed by atoms with Gasteiger partial charge in [0.05, 0.1) is 13.7 Å². The third-order valence-electron chi connectivity index (χ3n) is 13.5. The van der Waals surface area contributed by atoms with Crippen molar-refractivity contribution in [1.29, 1.82) is 0 Å². The van der Waals surface area contributed by atoms with E-state index < -0.39 is 0 Å². The van der Waals surface area contributed by atoms with Crippen LogP contribution < -0.4 is 4.74 Å². The number of carbonyl (C=O) groups is 1. The van der Waals surface area contributed by atoms with Crippen molar-refractivity contribution in [2.75, 3.05) is 13.7 Å². The van der Waals surface area contributed by atoms with E-state index in [1.54, 1.807) is 24.3 Å². The van der Waals surface area contributed by atoms with E-state index in [4.69, 9.17) is 9.47 Å². The summed E-state index contributed by atoms with van der Waals surface area (Å²) in [5.41, 5.74) is 1.96. The van der Waals surface area contributed by atoms with E-state index in [0.717, 1.165) is 41.1 Å². The summed E-state index contributed by atoms with van der Waals surface area (Å²) in [5, 5.41) is 9.76. The zero-order valence-corrected chi connectivity index (χ0v) is 27.4. The van der Waals surface area contributed by atoms with Gasteiger partial charge in [0.15, 0.2) is 11.5 Å². The lowest BCUT2D eigenvalue weighted by Gasteiger charge is -2.61. The Balaban J connectivity index is 1.09. The SMILES string of the molecule is COc1cc(/C=C/C(=O)OCC(C)C(C)CC[C@@H](C)[C@H]2CC[C@H]3[C@@H]4CCC5CCCC[C@]5(C)[C@H]4CC[C@]23C)ccc1O. The van der Waals surface area contributed by atoms with Gasteiger partial charge in [0, 0.05) is 6.08 Å². The van der Waals surface area contributed by atoms with Gasteiger partial charge in [0.2, 0.25) is 0 Å². The number of hydrogen-bond acceptors (Lipinski definition) is 4. The van der Waals surface area contributed by atoms with Crippen LogP contribution in [0, 0.1) is 58.2 Å². The van der Waals surface area contributed by atoms with Gasteiger partial charge in [-0.2, -0.15) is 0 Å². The highest BCUT2D eigenvalue weighted by Gasteiger charge is 2.60. The molecule has 3 unspecified atom stereocenters. The Labute approximate surface area is 256 Å². The third-order valence-corrected chi connectivity index (χ3v) is 13.5. The molecular formula is C38H58O4. The number of aromatic hydroxyl groups is 1. The first kappa shape index (κ1) is 31.5. The average molecular weight is 579 g/mol. The predicted octanol–water partition coefficient (Wildman–Crippen LogP) is 9.69. The number of methoxy groups -OCH3 is 1. The van der Waals surface area contributed by atoms with Crippen LogP contribution in [0.4, 0.5) is 0 Å². The molecule has 4 heteroatoms. The number of hydrogen-bond donors (Lipinski definition) is 1. The van der Waals surface area contributed by atoms with Crippen LogP contribution in [0.1, 0.15) is 117 Å². The zero-order valence-electron chi connectivity index (χ0n) is 27.4. The van der Waals surface area contributed by atoms with Crippen molar-refractivity contribution in [1.82, 2.24) is 0 Å². The van der Waals surface area contributed by atoms with E-state index in [2.05, 4.69) is 34.6 Å². The van der Waals surface area contributed by atoms with Gasteiger partial charge in [-0.05, 0) is 133 Å². The van der Waals surface area contributed by atoms with Gasteiger partial charge in [-0.1, -0.05) is 66.4 Å². The summed E-state index contributed by atoms with van der Waals surface area (Å²) in [6, 6.07) is 5.01. The minimum Gasteiger partial charge on any atom is -0.504 e. The Kier molecular flexibility index (Phi) is 9.70. The average Bonchev–Trinajstić information content (AvgIpc) is 3.35. The molecule has 42 heavy (non-hydrogen) atoms. The van der Waals surface area contributed by atoms with E-state index in [1.807, 2.05) is 0 Å². The largest absolute Gasteiger partial charge is 0.504 e. The van der Waals surface area contributed by atoms with Crippen molar-refractivity contribution in [2.45, 2.75) is 112 Å². The highest BCUT2D eigenvalue weighted by Crippen LogP contribution is 2.68. The van der Waals surface area contributed by atoms with Crippen molar-refractivity contribution < 1.29 is 19.4 Å². The molecule has 0 amide bonds. The number of benzene rings is 1. The monoisotopic (exact) mass is 578 g/mol. The Morgan fingerprint density at radius 1 is 0.952 bits per heavy atom. The van der Waals surface area contributed by atoms with Crippen LogP contribution in [-0.4, -0.2) is 24.8 Å². The van der Waals surface area contributed by atoms with Crippen LogP contribution in [0.3, 0.4) is 0 Å². The van der Waals surface area contributed by atoms with Gasteiger partial charge in [-0.3, -0.25) is 0 Å². The summed E-state index contributed by atoms with van der Waals surface area (Å²) < 4.78 is 10.8. The Hall–Kier alpha value is -1.97. The van der Waals surface area contributed by atoms with Gasteiger partial charge in [-0.25, -0.2) is 4.79 Å². The highest BCUT2D eigenvalue weighted by atomic mass is 16.5. The maximum absolute atomic E-state index is 12.4. The molecule has 4 aliphatic rings. The number of fused-ring (bicyclic) bond motifs is 5. The summed E-state index contributed by atoms with van der Waals surface area (Å²) >= 11 is 0. The molecule has 10 atom stereocenters. The van der Waals surface area contributed by atoms with Crippen LogP contribution in [-0.2, 0) is 9.53 Å². The highest BCUT2D eigenvalue weighted by molar-refractivity contribution is 5.87. The van der Waals surface area contributed by atoms with Gasteiger partial charge in [-0.15, -0.1) is 0 Å². The van der Waals surface area contributed by atoms with Crippen LogP contribution in [0.15, 0.2) is 24.3 Å². The molecule has 0 heterocycles. The van der Waals surface area contributed by atoms with Crippen LogP contribution in [0.25, 0.3) is 6.08 Å². The smallest absolute Gasteiger partial charge is 0.330 e. The number of ether oxygens (including phenoxy) is 2. The van der Waals surface area contributed by atoms with Crippen molar-refractivity contribution in [3.05, 3.63) is 29.8 Å². The lowest BCUT2D eigenvalue weighted by atomic mass is 9.44. The molecule has 234 valence electrons. The molecule has 5 rings (SSSR count). The van der Waals surface area contributed by atoms with Crippen LogP contribution >= 0.6 is 0 Å². The lowest BCUT2D eigenvalue weighted by Crippen LogP contribution is -2.53. The number of esters is 1. The van der Waals surface area contributed by atoms with E-state index in [9.17, 15) is 9.90 Å². The fourth-order valence-corrected chi connectivity index (χ4v) is 10.7. The second kappa shape index (κ2) is 12.9. The molecule has 0 spiro atoms. The predicted molar refractivity (Wildman–Crippen MR) is 171 cm³/mol. The maximum Gasteiger partial charge on any atom is 0.330 e. The topological polar surface area (TPSA) is 55.8 Å². The first-order valence-corrected chi connectivity index (χ1v) is 17.3. The van der Waals surface area contributed by atoms with Gasteiger partial charge in [0.1, 0.15) is 0 Å². The van der Waals surface area contributed by atoms with E-state index >= 15 is 0 Å². The molecule has 0 radical (unpaired) electrons. The Morgan fingerprint density at radius 3 is 2.52 bits per heavy atom. The summed E-state index contributed by atoms with van der Waals surface area (Å²) in [4.78, 5) is 12.4. The summed E-state index contributed by atoms with van der Waals surface area (Å²) in [5.74, 6) is 6.56. The molecule has 0 bridgehead atoms.